The SMILES string of the molecule is Bc1sc(C)nc1C(=O)OCC. The molecule has 0 amide bonds. The predicted octanol–water partition coefficient (Wildman–Crippen LogP) is -0.113. The van der Waals surface area contributed by atoms with Gasteiger partial charge < -0.3 is 4.74 Å². The average Bonchev–Trinajstić information content (AvgIpc) is 2.30. The molecule has 1 aromatic rings. The zero-order valence-corrected chi connectivity index (χ0v) is 8.20. The second-order valence-corrected chi connectivity index (χ2v) is 3.77. The van der Waals surface area contributed by atoms with Gasteiger partial charge in [0.15, 0.2) is 13.5 Å². The largest absolute Gasteiger partial charge is 0.461 e. The van der Waals surface area contributed by atoms with Gasteiger partial charge in [-0.3, -0.25) is 0 Å². The van der Waals surface area contributed by atoms with E-state index in [0.717, 1.165) is 9.78 Å². The monoisotopic (exact) mass is 183 g/mol. The summed E-state index contributed by atoms with van der Waals surface area (Å²) in [6, 6.07) is 0. The van der Waals surface area contributed by atoms with E-state index in [2.05, 4.69) is 4.98 Å². The lowest BCUT2D eigenvalue weighted by molar-refractivity contribution is 0.0522. The van der Waals surface area contributed by atoms with Gasteiger partial charge in [0.05, 0.1) is 11.6 Å². The Morgan fingerprint density at radius 1 is 1.75 bits per heavy atom. The molecule has 12 heavy (non-hydrogen) atoms. The van der Waals surface area contributed by atoms with Crippen LogP contribution in [0.4, 0.5) is 0 Å². The van der Waals surface area contributed by atoms with Crippen molar-refractivity contribution in [3.8, 4) is 0 Å². The average molecular weight is 183 g/mol. The fourth-order valence-electron chi connectivity index (χ4n) is 0.918. The van der Waals surface area contributed by atoms with Crippen molar-refractivity contribution in [1.82, 2.24) is 4.98 Å². The number of carbonyl (C=O) groups is 1. The highest BCUT2D eigenvalue weighted by atomic mass is 32.1. The lowest BCUT2D eigenvalue weighted by atomic mass is 10.1. The summed E-state index contributed by atoms with van der Waals surface area (Å²) in [7, 11) is 1.87. The maximum atomic E-state index is 11.2. The van der Waals surface area contributed by atoms with Crippen molar-refractivity contribution in [2.24, 2.45) is 0 Å². The van der Waals surface area contributed by atoms with Crippen molar-refractivity contribution in [3.05, 3.63) is 10.7 Å². The Kier molecular flexibility index (Phi) is 2.86. The van der Waals surface area contributed by atoms with Gasteiger partial charge in [-0.05, 0) is 18.6 Å². The number of nitrogens with zero attached hydrogens (tertiary/aromatic N) is 1. The fraction of sp³-hybridized carbons (Fsp3) is 0.429. The molecule has 1 aromatic heterocycles. The van der Waals surface area contributed by atoms with Gasteiger partial charge in [-0.1, -0.05) is 0 Å². The van der Waals surface area contributed by atoms with E-state index in [1.54, 1.807) is 6.92 Å². The van der Waals surface area contributed by atoms with Crippen LogP contribution >= 0.6 is 11.3 Å². The van der Waals surface area contributed by atoms with Crippen LogP contribution in [0, 0.1) is 6.92 Å². The molecule has 0 aliphatic rings. The summed E-state index contributed by atoms with van der Waals surface area (Å²) in [6.45, 7) is 4.06. The zero-order chi connectivity index (χ0) is 9.14. The van der Waals surface area contributed by atoms with Crippen molar-refractivity contribution in [2.75, 3.05) is 6.61 Å². The van der Waals surface area contributed by atoms with Gasteiger partial charge in [0.25, 0.3) is 0 Å². The Hall–Kier alpha value is -0.835. The minimum absolute atomic E-state index is 0.320. The molecule has 0 fully saturated rings. The summed E-state index contributed by atoms with van der Waals surface area (Å²) in [6.07, 6.45) is 0. The van der Waals surface area contributed by atoms with E-state index in [0.29, 0.717) is 12.3 Å². The number of aryl methyl sites for hydroxylation is 1. The summed E-state index contributed by atoms with van der Waals surface area (Å²) >= 11 is 1.51. The van der Waals surface area contributed by atoms with E-state index in [1.165, 1.54) is 11.3 Å². The van der Waals surface area contributed by atoms with Crippen LogP contribution in [0.15, 0.2) is 0 Å². The van der Waals surface area contributed by atoms with E-state index in [1.807, 2.05) is 14.8 Å². The van der Waals surface area contributed by atoms with Crippen molar-refractivity contribution in [3.63, 3.8) is 0 Å². The van der Waals surface area contributed by atoms with Gasteiger partial charge in [0.1, 0.15) is 0 Å². The highest BCUT2D eigenvalue weighted by Gasteiger charge is 2.13. The molecule has 0 bridgehead atoms. The maximum absolute atomic E-state index is 11.2. The highest BCUT2D eigenvalue weighted by Crippen LogP contribution is 2.04. The van der Waals surface area contributed by atoms with E-state index in [-0.39, 0.29) is 5.97 Å². The molecule has 0 aliphatic carbocycles. The van der Waals surface area contributed by atoms with Crippen LogP contribution in [-0.2, 0) is 4.74 Å². The van der Waals surface area contributed by atoms with Gasteiger partial charge in [-0.2, -0.15) is 0 Å². The summed E-state index contributed by atoms with van der Waals surface area (Å²) in [4.78, 5) is 15.3. The maximum Gasteiger partial charge on any atom is 0.357 e. The third kappa shape index (κ3) is 1.85. The Morgan fingerprint density at radius 2 is 2.42 bits per heavy atom. The molecule has 0 aliphatic heterocycles. The van der Waals surface area contributed by atoms with Crippen LogP contribution in [-0.4, -0.2) is 25.4 Å². The first-order valence-corrected chi connectivity index (χ1v) is 4.58. The minimum atomic E-state index is -0.320. The fourth-order valence-corrected chi connectivity index (χ4v) is 1.72. The molecule has 3 nitrogen and oxygen atoms in total. The third-order valence-electron chi connectivity index (χ3n) is 1.37. The summed E-state index contributed by atoms with van der Waals surface area (Å²) in [5, 5.41) is 0.899. The Labute approximate surface area is 76.2 Å². The highest BCUT2D eigenvalue weighted by molar-refractivity contribution is 7.20. The smallest absolute Gasteiger partial charge is 0.357 e. The topological polar surface area (TPSA) is 39.2 Å². The molecule has 0 spiro atoms. The molecule has 0 radical (unpaired) electrons. The van der Waals surface area contributed by atoms with Crippen molar-refractivity contribution in [2.45, 2.75) is 13.8 Å². The van der Waals surface area contributed by atoms with Gasteiger partial charge in [-0.15, -0.1) is 11.3 Å². The molecule has 0 saturated carbocycles. The van der Waals surface area contributed by atoms with Crippen LogP contribution < -0.4 is 4.78 Å². The number of ether oxygens (including phenoxy) is 1. The van der Waals surface area contributed by atoms with Crippen LogP contribution in [0.5, 0.6) is 0 Å². The number of hydrogen-bond acceptors (Lipinski definition) is 4. The summed E-state index contributed by atoms with van der Waals surface area (Å²) in [5.41, 5.74) is 0.458. The molecule has 0 saturated heterocycles. The van der Waals surface area contributed by atoms with Crippen molar-refractivity contribution >= 4 is 29.9 Å². The number of esters is 1. The number of hydrogen-bond donors (Lipinski definition) is 0. The van der Waals surface area contributed by atoms with Gasteiger partial charge in [0, 0.05) is 0 Å². The van der Waals surface area contributed by atoms with Crippen LogP contribution in [0.2, 0.25) is 0 Å². The van der Waals surface area contributed by atoms with Gasteiger partial charge in [0.2, 0.25) is 0 Å². The number of thiazole rings is 1. The second-order valence-electron chi connectivity index (χ2n) is 2.36. The summed E-state index contributed by atoms with van der Waals surface area (Å²) < 4.78 is 5.75. The van der Waals surface area contributed by atoms with E-state index in [4.69, 9.17) is 4.74 Å². The van der Waals surface area contributed by atoms with Crippen LogP contribution in [0.25, 0.3) is 0 Å². The normalized spacial score (nSPS) is 9.83. The lowest BCUT2D eigenvalue weighted by Gasteiger charge is -1.97. The molecule has 1 heterocycles. The molecule has 0 atom stereocenters. The first-order valence-electron chi connectivity index (χ1n) is 3.76. The standard InChI is InChI=1S/C7H10BNO2S/c1-3-11-7(10)5-6(8)12-4(2)9-5/h3,8H2,1-2H3. The molecule has 0 unspecified atom stereocenters. The number of aromatic nitrogens is 1. The van der Waals surface area contributed by atoms with Gasteiger partial charge in [-0.25, -0.2) is 9.78 Å². The second kappa shape index (κ2) is 3.71. The molecular formula is C7H10BNO2S. The van der Waals surface area contributed by atoms with Crippen molar-refractivity contribution in [1.29, 1.82) is 0 Å². The lowest BCUT2D eigenvalue weighted by Crippen LogP contribution is -2.14. The third-order valence-corrected chi connectivity index (χ3v) is 2.26. The van der Waals surface area contributed by atoms with Gasteiger partial charge >= 0.3 is 5.97 Å². The molecule has 5 heteroatoms. The minimum Gasteiger partial charge on any atom is -0.461 e. The Balaban J connectivity index is 2.87. The van der Waals surface area contributed by atoms with Crippen molar-refractivity contribution < 1.29 is 9.53 Å². The predicted molar refractivity (Wildman–Crippen MR) is 51.0 cm³/mol. The molecule has 0 N–H and O–H groups in total. The number of rotatable bonds is 2. The van der Waals surface area contributed by atoms with Crippen LogP contribution in [0.3, 0.4) is 0 Å². The molecule has 64 valence electrons. The molecular weight excluding hydrogens is 173 g/mol. The van der Waals surface area contributed by atoms with E-state index in [9.17, 15) is 4.79 Å². The van der Waals surface area contributed by atoms with E-state index < -0.39 is 0 Å². The Bertz CT molecular complexity index is 298. The first kappa shape index (κ1) is 9.25. The quantitative estimate of drug-likeness (QED) is 0.474. The van der Waals surface area contributed by atoms with E-state index >= 15 is 0 Å². The zero-order valence-electron chi connectivity index (χ0n) is 7.38. The molecule has 0 aromatic carbocycles. The molecule has 1 rings (SSSR count). The summed E-state index contributed by atoms with van der Waals surface area (Å²) in [5.74, 6) is -0.320. The first-order chi connectivity index (χ1) is 5.65. The van der Waals surface area contributed by atoms with Crippen LogP contribution in [0.1, 0.15) is 22.4 Å². The number of carbonyl (C=O) groups excluding carboxylic acids is 1. The Morgan fingerprint density at radius 3 is 2.83 bits per heavy atom.